The predicted molar refractivity (Wildman–Crippen MR) is 74.8 cm³/mol. The van der Waals surface area contributed by atoms with Crippen molar-refractivity contribution >= 4 is 28.2 Å². The van der Waals surface area contributed by atoms with Crippen LogP contribution in [0.25, 0.3) is 5.57 Å². The fourth-order valence-electron chi connectivity index (χ4n) is 1.50. The van der Waals surface area contributed by atoms with E-state index in [-0.39, 0.29) is 11.5 Å². The van der Waals surface area contributed by atoms with Gasteiger partial charge in [-0.25, -0.2) is 0 Å². The van der Waals surface area contributed by atoms with Crippen LogP contribution in [0.1, 0.15) is 18.9 Å². The Hall–Kier alpha value is -0.650. The molecular weight excluding hydrogens is 337 g/mol. The van der Waals surface area contributed by atoms with E-state index < -0.39 is 6.08 Å². The van der Waals surface area contributed by atoms with Gasteiger partial charge in [0, 0.05) is 10.0 Å². The van der Waals surface area contributed by atoms with Gasteiger partial charge < -0.3 is 4.74 Å². The van der Waals surface area contributed by atoms with Gasteiger partial charge in [0.15, 0.2) is 0 Å². The van der Waals surface area contributed by atoms with Crippen LogP contribution in [0.2, 0.25) is 0 Å². The second kappa shape index (κ2) is 6.93. The molecule has 94 valence electrons. The Kier molecular flexibility index (Phi) is 5.88. The van der Waals surface area contributed by atoms with E-state index in [9.17, 15) is 8.78 Å². The normalized spacial score (nSPS) is 12.1. The van der Waals surface area contributed by atoms with Crippen LogP contribution in [-0.4, -0.2) is 11.5 Å². The molecule has 1 rings (SSSR count). The van der Waals surface area contributed by atoms with Crippen molar-refractivity contribution in [2.45, 2.75) is 13.3 Å². The minimum atomic E-state index is -1.59. The van der Waals surface area contributed by atoms with Crippen LogP contribution in [0.15, 0.2) is 30.3 Å². The molecule has 0 spiro atoms. The van der Waals surface area contributed by atoms with Crippen LogP contribution in [0.4, 0.5) is 8.78 Å². The molecule has 4 heteroatoms. The molecule has 1 aromatic rings. The number of halogens is 3. The molecule has 0 aliphatic carbocycles. The third kappa shape index (κ3) is 4.26. The number of benzene rings is 1. The summed E-state index contributed by atoms with van der Waals surface area (Å²) in [6, 6.07) is 6.75. The lowest BCUT2D eigenvalue weighted by molar-refractivity contribution is 0.414. The molecule has 0 radical (unpaired) electrons. The number of ether oxygens (including phenoxy) is 1. The summed E-state index contributed by atoms with van der Waals surface area (Å²) in [5.74, 6) is 0.920. The lowest BCUT2D eigenvalue weighted by Gasteiger charge is -2.11. The second-order valence-corrected chi connectivity index (χ2v) is 4.81. The summed E-state index contributed by atoms with van der Waals surface area (Å²) in [4.78, 5) is 0. The van der Waals surface area contributed by atoms with Crippen LogP contribution in [0, 0.1) is 5.92 Å². The van der Waals surface area contributed by atoms with Crippen molar-refractivity contribution in [3.8, 4) is 5.75 Å². The smallest absolute Gasteiger partial charge is 0.274 e. The first-order chi connectivity index (χ1) is 8.08. The number of hydrogen-bond donors (Lipinski definition) is 0. The van der Waals surface area contributed by atoms with Gasteiger partial charge in [0.05, 0.1) is 7.11 Å². The number of alkyl halides is 1. The summed E-state index contributed by atoms with van der Waals surface area (Å²) in [5, 5.41) is 0. The van der Waals surface area contributed by atoms with Crippen molar-refractivity contribution in [3.63, 3.8) is 0 Å². The second-order valence-electron chi connectivity index (χ2n) is 3.93. The van der Waals surface area contributed by atoms with Crippen LogP contribution < -0.4 is 4.74 Å². The van der Waals surface area contributed by atoms with Crippen LogP contribution >= 0.6 is 22.6 Å². The first-order valence-electron chi connectivity index (χ1n) is 5.33. The van der Waals surface area contributed by atoms with Gasteiger partial charge in [0.1, 0.15) is 5.75 Å². The average Bonchev–Trinajstić information content (AvgIpc) is 2.35. The highest BCUT2D eigenvalue weighted by molar-refractivity contribution is 14.1. The summed E-state index contributed by atoms with van der Waals surface area (Å²) in [6.07, 6.45) is -1.19. The van der Waals surface area contributed by atoms with Gasteiger partial charge in [-0.3, -0.25) is 0 Å². The molecule has 17 heavy (non-hydrogen) atoms. The quantitative estimate of drug-likeness (QED) is 0.548. The van der Waals surface area contributed by atoms with Crippen molar-refractivity contribution in [1.29, 1.82) is 0 Å². The standard InChI is InChI=1S/C13H15F2IO/c1-9(8-16)7-12(13(14)15)10-3-5-11(17-2)6-4-10/h3-6,9H,7-8H2,1-2H3. The van der Waals surface area contributed by atoms with Crippen molar-refractivity contribution in [2.24, 2.45) is 5.92 Å². The van der Waals surface area contributed by atoms with E-state index in [0.29, 0.717) is 17.7 Å². The summed E-state index contributed by atoms with van der Waals surface area (Å²) in [6.45, 7) is 1.97. The molecule has 1 unspecified atom stereocenters. The maximum Gasteiger partial charge on any atom is 0.274 e. The average molecular weight is 352 g/mol. The number of methoxy groups -OCH3 is 1. The van der Waals surface area contributed by atoms with E-state index >= 15 is 0 Å². The summed E-state index contributed by atoms with van der Waals surface area (Å²) in [7, 11) is 1.56. The van der Waals surface area contributed by atoms with E-state index in [0.717, 1.165) is 4.43 Å². The summed E-state index contributed by atoms with van der Waals surface area (Å²) < 4.78 is 31.7. The molecule has 0 saturated carbocycles. The van der Waals surface area contributed by atoms with Crippen molar-refractivity contribution in [1.82, 2.24) is 0 Å². The molecule has 0 aliphatic heterocycles. The lowest BCUT2D eigenvalue weighted by Crippen LogP contribution is -1.98. The van der Waals surface area contributed by atoms with Gasteiger partial charge in [-0.05, 0) is 30.0 Å². The first kappa shape index (κ1) is 14.4. The molecule has 0 heterocycles. The Morgan fingerprint density at radius 3 is 2.29 bits per heavy atom. The Bertz CT molecular complexity index is 383. The van der Waals surface area contributed by atoms with Crippen LogP contribution in [0.5, 0.6) is 5.75 Å². The molecule has 1 atom stereocenters. The molecule has 1 aromatic carbocycles. The summed E-state index contributed by atoms with van der Waals surface area (Å²) >= 11 is 2.21. The maximum absolute atomic E-state index is 12.9. The molecule has 0 aliphatic rings. The molecule has 0 aromatic heterocycles. The fourth-order valence-corrected chi connectivity index (χ4v) is 1.81. The highest BCUT2D eigenvalue weighted by Crippen LogP contribution is 2.29. The molecule has 0 saturated heterocycles. The van der Waals surface area contributed by atoms with E-state index in [4.69, 9.17) is 4.74 Å². The zero-order valence-electron chi connectivity index (χ0n) is 9.84. The highest BCUT2D eigenvalue weighted by Gasteiger charge is 2.13. The van der Waals surface area contributed by atoms with Gasteiger partial charge >= 0.3 is 0 Å². The SMILES string of the molecule is COc1ccc(C(CC(C)CI)=C(F)F)cc1. The Morgan fingerprint density at radius 2 is 1.88 bits per heavy atom. The Morgan fingerprint density at radius 1 is 1.29 bits per heavy atom. The van der Waals surface area contributed by atoms with Crippen molar-refractivity contribution in [2.75, 3.05) is 11.5 Å². The third-order valence-electron chi connectivity index (χ3n) is 2.48. The topological polar surface area (TPSA) is 9.23 Å². The molecule has 0 bridgehead atoms. The largest absolute Gasteiger partial charge is 0.497 e. The third-order valence-corrected chi connectivity index (χ3v) is 3.99. The van der Waals surface area contributed by atoms with Gasteiger partial charge in [0.2, 0.25) is 0 Å². The lowest BCUT2D eigenvalue weighted by atomic mass is 9.97. The Labute approximate surface area is 114 Å². The van der Waals surface area contributed by atoms with E-state index in [1.165, 1.54) is 0 Å². The zero-order valence-corrected chi connectivity index (χ0v) is 12.0. The van der Waals surface area contributed by atoms with E-state index in [1.807, 2.05) is 6.92 Å². The molecule has 0 N–H and O–H groups in total. The molecular formula is C13H15F2IO. The number of allylic oxidation sites excluding steroid dienone is 1. The fraction of sp³-hybridized carbons (Fsp3) is 0.385. The maximum atomic E-state index is 12.9. The minimum absolute atomic E-state index is 0.136. The number of rotatable bonds is 5. The molecule has 1 nitrogen and oxygen atoms in total. The van der Waals surface area contributed by atoms with Crippen molar-refractivity contribution in [3.05, 3.63) is 35.9 Å². The van der Waals surface area contributed by atoms with Crippen LogP contribution in [-0.2, 0) is 0 Å². The molecule has 0 amide bonds. The van der Waals surface area contributed by atoms with Gasteiger partial charge in [-0.2, -0.15) is 8.78 Å². The highest BCUT2D eigenvalue weighted by atomic mass is 127. The Balaban J connectivity index is 2.95. The van der Waals surface area contributed by atoms with Crippen molar-refractivity contribution < 1.29 is 13.5 Å². The zero-order chi connectivity index (χ0) is 12.8. The monoisotopic (exact) mass is 352 g/mol. The predicted octanol–water partition coefficient (Wildman–Crippen LogP) is 4.76. The first-order valence-corrected chi connectivity index (χ1v) is 6.85. The van der Waals surface area contributed by atoms with E-state index in [1.54, 1.807) is 31.4 Å². The summed E-state index contributed by atoms with van der Waals surface area (Å²) in [5.41, 5.74) is 0.708. The van der Waals surface area contributed by atoms with E-state index in [2.05, 4.69) is 22.6 Å². The minimum Gasteiger partial charge on any atom is -0.497 e. The van der Waals surface area contributed by atoms with Gasteiger partial charge in [0.25, 0.3) is 6.08 Å². The van der Waals surface area contributed by atoms with Crippen LogP contribution in [0.3, 0.4) is 0 Å². The number of hydrogen-bond acceptors (Lipinski definition) is 1. The van der Waals surface area contributed by atoms with Gasteiger partial charge in [-0.15, -0.1) is 0 Å². The van der Waals surface area contributed by atoms with Gasteiger partial charge in [-0.1, -0.05) is 41.6 Å². The molecule has 0 fully saturated rings.